The molecule has 0 bridgehead atoms. The van der Waals surface area contributed by atoms with Crippen molar-refractivity contribution in [1.29, 1.82) is 0 Å². The number of phenolic OH excluding ortho intramolecular Hbond substituents is 1. The number of ketones is 2. The van der Waals surface area contributed by atoms with E-state index in [9.17, 15) is 19.8 Å². The van der Waals surface area contributed by atoms with Gasteiger partial charge in [-0.3, -0.25) is 9.59 Å². The van der Waals surface area contributed by atoms with Crippen molar-refractivity contribution in [3.05, 3.63) is 58.7 Å². The molecule has 0 saturated carbocycles. The van der Waals surface area contributed by atoms with Gasteiger partial charge in [0.25, 0.3) is 0 Å². The Hall–Kier alpha value is -2.62. The lowest BCUT2D eigenvalue weighted by molar-refractivity contribution is -0.119. The molecule has 2 N–H and O–H groups in total. The molecule has 1 aromatic carbocycles. The van der Waals surface area contributed by atoms with Crippen LogP contribution < -0.4 is 0 Å². The monoisotopic (exact) mass is 402 g/mol. The van der Waals surface area contributed by atoms with Crippen LogP contribution in [0.3, 0.4) is 0 Å². The first-order valence-electron chi connectivity index (χ1n) is 10.2. The van der Waals surface area contributed by atoms with Gasteiger partial charge in [0, 0.05) is 0 Å². The molecular formula is C25H38O4. The van der Waals surface area contributed by atoms with E-state index in [-0.39, 0.29) is 16.9 Å². The lowest BCUT2D eigenvalue weighted by atomic mass is 9.98. The molecule has 0 aliphatic heterocycles. The smallest absolute Gasteiger partial charge is 0.167 e. The summed E-state index contributed by atoms with van der Waals surface area (Å²) in [5.41, 5.74) is 1.82. The standard InChI is InChI=1S/C13H14O4.C7H10.C3H8.C2H6/c1-7-5-4-6-10(16)11(7)13(17)12(8(2)14)9(3)15;1-7-5-3-2-4-6-7;1-3-2;1-2/h4-6,16-17H,1-3H3;3,5-6H,2,4H2,1H3;3H2,1-2H3;1-2H3. The second-order valence-electron chi connectivity index (χ2n) is 6.44. The highest BCUT2D eigenvalue weighted by Crippen LogP contribution is 2.29. The van der Waals surface area contributed by atoms with Gasteiger partial charge in [0.1, 0.15) is 17.1 Å². The van der Waals surface area contributed by atoms with Gasteiger partial charge in [-0.25, -0.2) is 0 Å². The highest BCUT2D eigenvalue weighted by molar-refractivity contribution is 6.23. The molecule has 0 amide bonds. The molecule has 0 aromatic heterocycles. The van der Waals surface area contributed by atoms with E-state index in [0.717, 1.165) is 0 Å². The Bertz CT molecular complexity index is 701. The predicted octanol–water partition coefficient (Wildman–Crippen LogP) is 6.87. The summed E-state index contributed by atoms with van der Waals surface area (Å²) >= 11 is 0. The summed E-state index contributed by atoms with van der Waals surface area (Å²) in [6, 6.07) is 4.67. The maximum Gasteiger partial charge on any atom is 0.167 e. The maximum atomic E-state index is 11.3. The van der Waals surface area contributed by atoms with Crippen molar-refractivity contribution in [3.8, 4) is 5.75 Å². The summed E-state index contributed by atoms with van der Waals surface area (Å²) in [5.74, 6) is -1.70. The van der Waals surface area contributed by atoms with Gasteiger partial charge in [-0.1, -0.05) is 70.0 Å². The Balaban J connectivity index is 0. The fourth-order valence-corrected chi connectivity index (χ4v) is 2.41. The van der Waals surface area contributed by atoms with Gasteiger partial charge in [-0.05, 0) is 52.2 Å². The normalized spacial score (nSPS) is 11.2. The highest BCUT2D eigenvalue weighted by atomic mass is 16.3. The number of aromatic hydroxyl groups is 1. The summed E-state index contributed by atoms with van der Waals surface area (Å²) in [5, 5.41) is 19.6. The van der Waals surface area contributed by atoms with Crippen LogP contribution in [0, 0.1) is 6.92 Å². The fraction of sp³-hybridized carbons (Fsp3) is 0.440. The molecule has 29 heavy (non-hydrogen) atoms. The molecular weight excluding hydrogens is 364 g/mol. The van der Waals surface area contributed by atoms with Crippen LogP contribution in [0.4, 0.5) is 0 Å². The highest BCUT2D eigenvalue weighted by Gasteiger charge is 2.20. The van der Waals surface area contributed by atoms with Gasteiger partial charge in [0.05, 0.1) is 5.56 Å². The first-order valence-corrected chi connectivity index (χ1v) is 10.2. The number of hydrogen-bond acceptors (Lipinski definition) is 4. The molecule has 162 valence electrons. The molecule has 4 heteroatoms. The molecule has 0 fully saturated rings. The molecule has 0 saturated heterocycles. The van der Waals surface area contributed by atoms with E-state index in [2.05, 4.69) is 39.0 Å². The zero-order valence-corrected chi connectivity index (χ0v) is 19.3. The van der Waals surface area contributed by atoms with Crippen molar-refractivity contribution in [2.45, 2.75) is 74.7 Å². The van der Waals surface area contributed by atoms with Crippen LogP contribution in [-0.4, -0.2) is 21.8 Å². The molecule has 1 aromatic rings. The van der Waals surface area contributed by atoms with Crippen molar-refractivity contribution < 1.29 is 19.8 Å². The van der Waals surface area contributed by atoms with Crippen LogP contribution in [0.15, 0.2) is 47.6 Å². The first kappa shape index (κ1) is 28.6. The molecule has 1 aliphatic carbocycles. The Labute approximate surface area is 176 Å². The number of rotatable bonds is 3. The fourth-order valence-electron chi connectivity index (χ4n) is 2.41. The van der Waals surface area contributed by atoms with Gasteiger partial charge in [0.2, 0.25) is 0 Å². The van der Waals surface area contributed by atoms with Crippen LogP contribution >= 0.6 is 0 Å². The largest absolute Gasteiger partial charge is 0.507 e. The third-order valence-electron chi connectivity index (χ3n) is 3.61. The average molecular weight is 403 g/mol. The third-order valence-corrected chi connectivity index (χ3v) is 3.61. The first-order chi connectivity index (χ1) is 13.7. The van der Waals surface area contributed by atoms with E-state index in [1.165, 1.54) is 44.7 Å². The van der Waals surface area contributed by atoms with Gasteiger partial charge in [-0.2, -0.15) is 0 Å². The number of aliphatic hydroxyl groups is 1. The summed E-state index contributed by atoms with van der Waals surface area (Å²) < 4.78 is 0. The van der Waals surface area contributed by atoms with E-state index in [1.54, 1.807) is 19.1 Å². The number of Topliss-reactive ketones (excluding diaryl/α,β-unsaturated/α-hetero) is 2. The van der Waals surface area contributed by atoms with E-state index in [0.29, 0.717) is 5.56 Å². The summed E-state index contributed by atoms with van der Waals surface area (Å²) in [4.78, 5) is 22.6. The van der Waals surface area contributed by atoms with Crippen molar-refractivity contribution in [3.63, 3.8) is 0 Å². The molecule has 1 aliphatic rings. The van der Waals surface area contributed by atoms with Crippen LogP contribution in [0.1, 0.15) is 78.9 Å². The van der Waals surface area contributed by atoms with E-state index < -0.39 is 17.3 Å². The van der Waals surface area contributed by atoms with Crippen LogP contribution in [0.5, 0.6) is 5.75 Å². The predicted molar refractivity (Wildman–Crippen MR) is 123 cm³/mol. The molecule has 0 heterocycles. The minimum atomic E-state index is -0.530. The van der Waals surface area contributed by atoms with Gasteiger partial charge in [-0.15, -0.1) is 0 Å². The molecule has 0 radical (unpaired) electrons. The minimum absolute atomic E-state index is 0.118. The number of aliphatic hydroxyl groups excluding tert-OH is 1. The number of hydrogen-bond donors (Lipinski definition) is 2. The van der Waals surface area contributed by atoms with E-state index >= 15 is 0 Å². The van der Waals surface area contributed by atoms with Crippen molar-refractivity contribution in [2.75, 3.05) is 0 Å². The van der Waals surface area contributed by atoms with Crippen LogP contribution in [-0.2, 0) is 9.59 Å². The number of aryl methyl sites for hydroxylation is 1. The molecule has 2 rings (SSSR count). The number of allylic oxidation sites excluding steroid dienone is 5. The summed E-state index contributed by atoms with van der Waals surface area (Å²) in [6.45, 7) is 14.4. The SMILES string of the molecule is CC.CC(=O)C(C(C)=O)=C(O)c1c(C)cccc1O.CC1=CCCC=C1.CCC. The summed E-state index contributed by atoms with van der Waals surface area (Å²) in [6.07, 6.45) is 10.4. The second-order valence-corrected chi connectivity index (χ2v) is 6.44. The average Bonchev–Trinajstić information content (AvgIpc) is 2.64. The Kier molecular flexibility index (Phi) is 16.1. The van der Waals surface area contributed by atoms with Crippen LogP contribution in [0.25, 0.3) is 5.76 Å². The lowest BCUT2D eigenvalue weighted by Crippen LogP contribution is -2.10. The summed E-state index contributed by atoms with van der Waals surface area (Å²) in [7, 11) is 0. The van der Waals surface area contributed by atoms with Crippen molar-refractivity contribution >= 4 is 17.3 Å². The number of carbonyl (C=O) groups excluding carboxylic acids is 2. The Morgan fingerprint density at radius 3 is 1.83 bits per heavy atom. The van der Waals surface area contributed by atoms with Gasteiger partial charge < -0.3 is 10.2 Å². The number of carbonyl (C=O) groups is 2. The molecule has 0 atom stereocenters. The third kappa shape index (κ3) is 11.1. The number of benzene rings is 1. The quantitative estimate of drug-likeness (QED) is 0.250. The van der Waals surface area contributed by atoms with E-state index in [1.807, 2.05) is 13.8 Å². The van der Waals surface area contributed by atoms with Gasteiger partial charge >= 0.3 is 0 Å². The van der Waals surface area contributed by atoms with Crippen molar-refractivity contribution in [1.82, 2.24) is 0 Å². The van der Waals surface area contributed by atoms with E-state index in [4.69, 9.17) is 0 Å². The molecule has 0 spiro atoms. The Morgan fingerprint density at radius 1 is 1.00 bits per heavy atom. The zero-order valence-electron chi connectivity index (χ0n) is 19.3. The molecule has 4 nitrogen and oxygen atoms in total. The number of phenols is 1. The van der Waals surface area contributed by atoms with Crippen LogP contribution in [0.2, 0.25) is 0 Å². The minimum Gasteiger partial charge on any atom is -0.507 e. The topological polar surface area (TPSA) is 74.6 Å². The zero-order chi connectivity index (χ0) is 23.0. The maximum absolute atomic E-state index is 11.3. The Morgan fingerprint density at radius 2 is 1.52 bits per heavy atom. The second kappa shape index (κ2) is 16.3. The lowest BCUT2D eigenvalue weighted by Gasteiger charge is -2.10. The van der Waals surface area contributed by atoms with Crippen molar-refractivity contribution in [2.24, 2.45) is 0 Å². The van der Waals surface area contributed by atoms with Gasteiger partial charge in [0.15, 0.2) is 11.6 Å². The molecule has 0 unspecified atom stereocenters.